The van der Waals surface area contributed by atoms with E-state index < -0.39 is 33.5 Å². The van der Waals surface area contributed by atoms with E-state index in [1.54, 1.807) is 6.92 Å². The first-order chi connectivity index (χ1) is 15.4. The highest BCUT2D eigenvalue weighted by atomic mass is 32.2. The second kappa shape index (κ2) is 10.3. The van der Waals surface area contributed by atoms with Crippen molar-refractivity contribution in [2.75, 3.05) is 31.2 Å². The van der Waals surface area contributed by atoms with E-state index in [1.165, 1.54) is 17.0 Å². The predicted molar refractivity (Wildman–Crippen MR) is 116 cm³/mol. The summed E-state index contributed by atoms with van der Waals surface area (Å²) < 4.78 is 70.4. The van der Waals surface area contributed by atoms with Crippen LogP contribution in [0.3, 0.4) is 0 Å². The highest BCUT2D eigenvalue weighted by Crippen LogP contribution is 2.39. The zero-order chi connectivity index (χ0) is 24.2. The van der Waals surface area contributed by atoms with Crippen molar-refractivity contribution >= 4 is 21.8 Å². The van der Waals surface area contributed by atoms with E-state index in [4.69, 9.17) is 4.74 Å². The highest BCUT2D eigenvalue weighted by Gasteiger charge is 2.35. The minimum atomic E-state index is -4.55. The number of sulfone groups is 1. The van der Waals surface area contributed by atoms with Crippen molar-refractivity contribution in [1.82, 2.24) is 10.2 Å². The van der Waals surface area contributed by atoms with Crippen LogP contribution in [0.1, 0.15) is 56.1 Å². The lowest BCUT2D eigenvalue weighted by Gasteiger charge is -2.18. The van der Waals surface area contributed by atoms with Gasteiger partial charge in [-0.1, -0.05) is 19.4 Å². The maximum absolute atomic E-state index is 13.3. The lowest BCUT2D eigenvalue weighted by atomic mass is 10.0. The fourth-order valence-corrected chi connectivity index (χ4v) is 5.48. The minimum Gasteiger partial charge on any atom is -0.493 e. The van der Waals surface area contributed by atoms with Crippen LogP contribution in [0, 0.1) is 5.92 Å². The maximum atomic E-state index is 13.3. The Labute approximate surface area is 191 Å². The second-order valence-corrected chi connectivity index (χ2v) is 11.1. The lowest BCUT2D eigenvalue weighted by molar-refractivity contribution is -0.139. The highest BCUT2D eigenvalue weighted by molar-refractivity contribution is 7.91. The smallest absolute Gasteiger partial charge is 0.419 e. The Bertz CT molecular complexity index is 977. The molecule has 2 aliphatic rings. The van der Waals surface area contributed by atoms with Gasteiger partial charge in [-0.3, -0.25) is 10.1 Å². The van der Waals surface area contributed by atoms with E-state index in [2.05, 4.69) is 5.32 Å². The van der Waals surface area contributed by atoms with Crippen LogP contribution >= 0.6 is 0 Å². The Balaban J connectivity index is 1.51. The molecule has 1 heterocycles. The number of urea groups is 1. The first kappa shape index (κ1) is 25.3. The van der Waals surface area contributed by atoms with Gasteiger partial charge in [0.1, 0.15) is 12.3 Å². The summed E-state index contributed by atoms with van der Waals surface area (Å²) in [4.78, 5) is 24.0. The number of benzene rings is 1. The van der Waals surface area contributed by atoms with Crippen molar-refractivity contribution < 1.29 is 35.9 Å². The van der Waals surface area contributed by atoms with Crippen LogP contribution in [0.4, 0.5) is 18.0 Å². The third-order valence-corrected chi connectivity index (χ3v) is 7.73. The average Bonchev–Trinajstić information content (AvgIpc) is 3.48. The summed E-state index contributed by atoms with van der Waals surface area (Å²) in [6.45, 7) is 2.30. The van der Waals surface area contributed by atoms with Crippen LogP contribution < -0.4 is 10.1 Å². The molecule has 11 heteroatoms. The number of imide groups is 1. The third-order valence-electron chi connectivity index (χ3n) is 5.81. The quantitative estimate of drug-likeness (QED) is 0.356. The van der Waals surface area contributed by atoms with Crippen LogP contribution in [0.25, 0.3) is 0 Å². The molecule has 1 saturated carbocycles. The van der Waals surface area contributed by atoms with E-state index in [9.17, 15) is 31.2 Å². The average molecular weight is 491 g/mol. The summed E-state index contributed by atoms with van der Waals surface area (Å²) in [5.41, 5.74) is -0.363. The number of rotatable bonds is 12. The van der Waals surface area contributed by atoms with Gasteiger partial charge < -0.3 is 9.64 Å². The first-order valence-corrected chi connectivity index (χ1v) is 12.9. The van der Waals surface area contributed by atoms with Gasteiger partial charge in [-0.2, -0.15) is 13.2 Å². The fraction of sp³-hybridized carbons (Fsp3) is 0.636. The van der Waals surface area contributed by atoms with Crippen molar-refractivity contribution in [3.63, 3.8) is 0 Å². The molecule has 1 aromatic carbocycles. The van der Waals surface area contributed by atoms with Crippen molar-refractivity contribution in [1.29, 1.82) is 0 Å². The Kier molecular flexibility index (Phi) is 7.92. The zero-order valence-electron chi connectivity index (χ0n) is 18.5. The molecule has 2 fully saturated rings. The second-order valence-electron chi connectivity index (χ2n) is 8.86. The molecule has 3 rings (SSSR count). The monoisotopic (exact) mass is 490 g/mol. The Morgan fingerprint density at radius 3 is 2.52 bits per heavy atom. The summed E-state index contributed by atoms with van der Waals surface area (Å²) in [6.07, 6.45) is -1.10. The number of carbonyl (C=O) groups is 2. The largest absolute Gasteiger partial charge is 0.493 e. The molecule has 0 radical (unpaired) electrons. The molecule has 1 aromatic rings. The number of hydrogen-bond donors (Lipinski definition) is 1. The molecular weight excluding hydrogens is 461 g/mol. The van der Waals surface area contributed by atoms with Crippen molar-refractivity contribution in [3.8, 4) is 5.75 Å². The Morgan fingerprint density at radius 2 is 1.91 bits per heavy atom. The molecule has 0 spiro atoms. The third kappa shape index (κ3) is 7.62. The molecule has 1 saturated heterocycles. The van der Waals surface area contributed by atoms with Gasteiger partial charge in [0.05, 0.1) is 23.7 Å². The molecule has 0 aromatic heterocycles. The summed E-state index contributed by atoms with van der Waals surface area (Å²) >= 11 is 0. The normalized spacial score (nSPS) is 17.9. The van der Waals surface area contributed by atoms with E-state index in [0.29, 0.717) is 31.4 Å². The van der Waals surface area contributed by atoms with Gasteiger partial charge in [0.15, 0.2) is 9.84 Å². The van der Waals surface area contributed by atoms with Crippen LogP contribution in [-0.2, 0) is 20.8 Å². The molecular formula is C22H29F3N2O5S. The number of nitrogens with one attached hydrogen (secondary N) is 1. The van der Waals surface area contributed by atoms with Crippen molar-refractivity contribution in [2.24, 2.45) is 5.92 Å². The van der Waals surface area contributed by atoms with Crippen LogP contribution in [0.5, 0.6) is 5.75 Å². The number of carbonyl (C=O) groups excluding carboxylic acids is 2. The van der Waals surface area contributed by atoms with Crippen LogP contribution in [0.15, 0.2) is 18.2 Å². The number of ether oxygens (including phenoxy) is 1. The van der Waals surface area contributed by atoms with Gasteiger partial charge in [-0.25, -0.2) is 13.2 Å². The number of hydrogen-bond acceptors (Lipinski definition) is 5. The summed E-state index contributed by atoms with van der Waals surface area (Å²) in [5, 5.41) is 2.18. The van der Waals surface area contributed by atoms with E-state index in [1.807, 2.05) is 0 Å². The standard InChI is InChI=1S/C22H29F3N2O5S/c1-15(14-33(30,31)10-4-2-3-9-27-12-20(28)26-21(27)29)17-7-8-18(22(23,24)25)19(11-17)32-13-16-5-6-16/h7-8,11,15-16H,2-6,9-10,12-14H2,1H3,(H,26,28,29)/t15-/m0/s1. The maximum Gasteiger partial charge on any atom is 0.419 e. The topological polar surface area (TPSA) is 92.8 Å². The van der Waals surface area contributed by atoms with Crippen LogP contribution in [-0.4, -0.2) is 56.5 Å². The molecule has 7 nitrogen and oxygen atoms in total. The molecule has 1 aliphatic heterocycles. The molecule has 1 atom stereocenters. The van der Waals surface area contributed by atoms with Gasteiger partial charge >= 0.3 is 12.2 Å². The fourth-order valence-electron chi connectivity index (χ4n) is 3.72. The van der Waals surface area contributed by atoms with Crippen LogP contribution in [0.2, 0.25) is 0 Å². The number of nitrogens with zero attached hydrogens (tertiary/aromatic N) is 1. The van der Waals surface area contributed by atoms with Gasteiger partial charge in [0, 0.05) is 6.54 Å². The van der Waals surface area contributed by atoms with E-state index in [0.717, 1.165) is 18.9 Å². The zero-order valence-corrected chi connectivity index (χ0v) is 19.3. The van der Waals surface area contributed by atoms with E-state index in [-0.39, 0.29) is 42.2 Å². The molecule has 184 valence electrons. The SMILES string of the molecule is C[C@@H](CS(=O)(=O)CCCCCN1CC(=O)NC1=O)c1ccc(C(F)(F)F)c(OCC2CC2)c1. The number of halogens is 3. The Hall–Kier alpha value is -2.30. The lowest BCUT2D eigenvalue weighted by Crippen LogP contribution is -2.29. The summed E-state index contributed by atoms with van der Waals surface area (Å²) in [7, 11) is -3.43. The van der Waals surface area contributed by atoms with Gasteiger partial charge in [0.25, 0.3) is 0 Å². The molecule has 1 aliphatic carbocycles. The first-order valence-electron chi connectivity index (χ1n) is 11.1. The van der Waals surface area contributed by atoms with Gasteiger partial charge in [-0.15, -0.1) is 0 Å². The number of amides is 3. The van der Waals surface area contributed by atoms with Gasteiger partial charge in [-0.05, 0) is 55.2 Å². The molecule has 3 amide bonds. The predicted octanol–water partition coefficient (Wildman–Crippen LogP) is 3.73. The molecule has 1 N–H and O–H groups in total. The minimum absolute atomic E-state index is 0.0220. The summed E-state index contributed by atoms with van der Waals surface area (Å²) in [5.74, 6) is -1.02. The van der Waals surface area contributed by atoms with Gasteiger partial charge in [0.2, 0.25) is 5.91 Å². The molecule has 0 unspecified atom stereocenters. The van der Waals surface area contributed by atoms with Crippen molar-refractivity contribution in [2.45, 2.75) is 51.1 Å². The molecule has 33 heavy (non-hydrogen) atoms. The molecule has 0 bridgehead atoms. The number of unbranched alkanes of at least 4 members (excludes halogenated alkanes) is 2. The Morgan fingerprint density at radius 1 is 1.18 bits per heavy atom. The van der Waals surface area contributed by atoms with E-state index >= 15 is 0 Å². The van der Waals surface area contributed by atoms with Crippen molar-refractivity contribution in [3.05, 3.63) is 29.3 Å². The number of alkyl halides is 3. The summed E-state index contributed by atoms with van der Waals surface area (Å²) in [6, 6.07) is 3.15.